The minimum Gasteiger partial charge on any atom is -0.496 e. The number of benzene rings is 1. The fraction of sp³-hybridized carbons (Fsp3) is 0.474. The van der Waals surface area contributed by atoms with Gasteiger partial charge in [-0.25, -0.2) is 0 Å². The normalized spacial score (nSPS) is 21.9. The van der Waals surface area contributed by atoms with E-state index in [0.717, 1.165) is 11.3 Å². The molecule has 0 unspecified atom stereocenters. The Balaban J connectivity index is 1.87. The summed E-state index contributed by atoms with van der Waals surface area (Å²) in [6.07, 6.45) is 3.00. The van der Waals surface area contributed by atoms with Crippen molar-refractivity contribution in [1.82, 2.24) is 10.6 Å². The molecule has 142 valence electrons. The standard InChI is InChI=1S/C19H26N2O5/c1-3-18(23)21-15-9-8-14(26-17(15)12-22)10-19(24)20-11-13-6-4-5-7-16(13)25-2/h4-9,14-15,17,22H,3,10-12H2,1-2H3,(H,20,24)(H,21,23)/t14-,15+,17-/m0/s1. The number of rotatable bonds is 8. The van der Waals surface area contributed by atoms with Gasteiger partial charge in [-0.05, 0) is 6.07 Å². The molecule has 1 aromatic rings. The van der Waals surface area contributed by atoms with Crippen LogP contribution in [-0.2, 0) is 20.9 Å². The zero-order valence-corrected chi connectivity index (χ0v) is 15.1. The SMILES string of the molecule is CCC(=O)N[C@@H]1C=C[C@@H](CC(=O)NCc2ccccc2OC)O[C@H]1CO. The summed E-state index contributed by atoms with van der Waals surface area (Å²) >= 11 is 0. The zero-order chi connectivity index (χ0) is 18.9. The molecule has 7 heteroatoms. The molecule has 26 heavy (non-hydrogen) atoms. The number of carbonyl (C=O) groups is 2. The van der Waals surface area contributed by atoms with Crippen molar-refractivity contribution in [2.75, 3.05) is 13.7 Å². The molecule has 0 saturated carbocycles. The lowest BCUT2D eigenvalue weighted by Crippen LogP contribution is -2.48. The van der Waals surface area contributed by atoms with Crippen molar-refractivity contribution in [3.05, 3.63) is 42.0 Å². The van der Waals surface area contributed by atoms with E-state index in [1.165, 1.54) is 0 Å². The fourth-order valence-electron chi connectivity index (χ4n) is 2.72. The van der Waals surface area contributed by atoms with Crippen molar-refractivity contribution >= 4 is 11.8 Å². The van der Waals surface area contributed by atoms with Crippen LogP contribution in [0.5, 0.6) is 5.75 Å². The van der Waals surface area contributed by atoms with Crippen molar-refractivity contribution in [3.8, 4) is 5.75 Å². The molecule has 0 saturated heterocycles. The summed E-state index contributed by atoms with van der Waals surface area (Å²) in [7, 11) is 1.59. The molecule has 0 radical (unpaired) electrons. The van der Waals surface area contributed by atoms with Gasteiger partial charge in [0.25, 0.3) is 0 Å². The molecule has 3 N–H and O–H groups in total. The van der Waals surface area contributed by atoms with E-state index >= 15 is 0 Å². The Morgan fingerprint density at radius 2 is 2.00 bits per heavy atom. The monoisotopic (exact) mass is 362 g/mol. The maximum atomic E-state index is 12.2. The van der Waals surface area contributed by atoms with E-state index in [9.17, 15) is 14.7 Å². The van der Waals surface area contributed by atoms with Crippen molar-refractivity contribution in [1.29, 1.82) is 0 Å². The van der Waals surface area contributed by atoms with Gasteiger partial charge in [-0.3, -0.25) is 9.59 Å². The molecule has 0 spiro atoms. The molecule has 2 rings (SSSR count). The predicted molar refractivity (Wildman–Crippen MR) is 96.6 cm³/mol. The highest BCUT2D eigenvalue weighted by Gasteiger charge is 2.28. The minimum atomic E-state index is -0.567. The number of aliphatic hydroxyl groups is 1. The van der Waals surface area contributed by atoms with Gasteiger partial charge in [0.1, 0.15) is 11.9 Å². The largest absolute Gasteiger partial charge is 0.496 e. The van der Waals surface area contributed by atoms with Crippen LogP contribution in [0.1, 0.15) is 25.3 Å². The van der Waals surface area contributed by atoms with Crippen molar-refractivity contribution in [2.24, 2.45) is 0 Å². The first-order chi connectivity index (χ1) is 12.6. The van der Waals surface area contributed by atoms with Gasteiger partial charge in [0.15, 0.2) is 0 Å². The van der Waals surface area contributed by atoms with Gasteiger partial charge in [-0.1, -0.05) is 37.3 Å². The summed E-state index contributed by atoms with van der Waals surface area (Å²) in [4.78, 5) is 23.7. The van der Waals surface area contributed by atoms with Crippen LogP contribution in [0.15, 0.2) is 36.4 Å². The first-order valence-electron chi connectivity index (χ1n) is 8.70. The zero-order valence-electron chi connectivity index (χ0n) is 15.1. The van der Waals surface area contributed by atoms with E-state index in [-0.39, 0.29) is 30.9 Å². The van der Waals surface area contributed by atoms with Gasteiger partial charge in [-0.15, -0.1) is 0 Å². The molecule has 0 aliphatic carbocycles. The lowest BCUT2D eigenvalue weighted by atomic mass is 10.0. The summed E-state index contributed by atoms with van der Waals surface area (Å²) < 4.78 is 11.0. The third kappa shape index (κ3) is 5.57. The fourth-order valence-corrected chi connectivity index (χ4v) is 2.72. The second-order valence-corrected chi connectivity index (χ2v) is 6.02. The summed E-state index contributed by atoms with van der Waals surface area (Å²) in [5, 5.41) is 15.1. The van der Waals surface area contributed by atoms with E-state index in [2.05, 4.69) is 10.6 Å². The predicted octanol–water partition coefficient (Wildman–Crippen LogP) is 0.912. The molecule has 0 fully saturated rings. The average molecular weight is 362 g/mol. The molecule has 1 aliphatic heterocycles. The Labute approximate surface area is 153 Å². The van der Waals surface area contributed by atoms with Crippen LogP contribution in [0, 0.1) is 0 Å². The highest BCUT2D eigenvalue weighted by atomic mass is 16.5. The minimum absolute atomic E-state index is 0.116. The summed E-state index contributed by atoms with van der Waals surface area (Å²) in [6.45, 7) is 1.88. The Hall–Kier alpha value is -2.38. The van der Waals surface area contributed by atoms with Crippen LogP contribution < -0.4 is 15.4 Å². The van der Waals surface area contributed by atoms with Crippen molar-refractivity contribution in [2.45, 2.75) is 44.6 Å². The molecule has 1 heterocycles. The number of hydrogen-bond donors (Lipinski definition) is 3. The number of aliphatic hydroxyl groups excluding tert-OH is 1. The quantitative estimate of drug-likeness (QED) is 0.598. The second-order valence-electron chi connectivity index (χ2n) is 6.02. The number of hydrogen-bond acceptors (Lipinski definition) is 5. The third-order valence-corrected chi connectivity index (χ3v) is 4.17. The van der Waals surface area contributed by atoms with Crippen LogP contribution in [0.2, 0.25) is 0 Å². The van der Waals surface area contributed by atoms with Gasteiger partial charge >= 0.3 is 0 Å². The first-order valence-corrected chi connectivity index (χ1v) is 8.70. The highest BCUT2D eigenvalue weighted by molar-refractivity contribution is 5.77. The lowest BCUT2D eigenvalue weighted by molar-refractivity contribution is -0.128. The lowest BCUT2D eigenvalue weighted by Gasteiger charge is -2.31. The van der Waals surface area contributed by atoms with Crippen LogP contribution in [0.25, 0.3) is 0 Å². The van der Waals surface area contributed by atoms with Crippen LogP contribution in [0.3, 0.4) is 0 Å². The Morgan fingerprint density at radius 1 is 1.23 bits per heavy atom. The maximum Gasteiger partial charge on any atom is 0.223 e. The number of para-hydroxylation sites is 1. The number of ether oxygens (including phenoxy) is 2. The third-order valence-electron chi connectivity index (χ3n) is 4.17. The molecule has 1 aliphatic rings. The number of amides is 2. The molecule has 0 aromatic heterocycles. The Kier molecular flexibility index (Phi) is 7.62. The first kappa shape index (κ1) is 19.9. The molecule has 1 aromatic carbocycles. The smallest absolute Gasteiger partial charge is 0.223 e. The topological polar surface area (TPSA) is 96.9 Å². The van der Waals surface area contributed by atoms with Crippen LogP contribution >= 0.6 is 0 Å². The summed E-state index contributed by atoms with van der Waals surface area (Å²) in [6, 6.07) is 7.09. The molecule has 7 nitrogen and oxygen atoms in total. The van der Waals surface area contributed by atoms with E-state index in [4.69, 9.17) is 9.47 Å². The van der Waals surface area contributed by atoms with Crippen LogP contribution in [-0.4, -0.2) is 48.9 Å². The summed E-state index contributed by atoms with van der Waals surface area (Å²) in [5.41, 5.74) is 0.888. The van der Waals surface area contributed by atoms with Crippen LogP contribution in [0.4, 0.5) is 0 Å². The van der Waals surface area contributed by atoms with E-state index < -0.39 is 12.2 Å². The molecule has 2 amide bonds. The van der Waals surface area contributed by atoms with E-state index in [1.807, 2.05) is 24.3 Å². The van der Waals surface area contributed by atoms with Gasteiger partial charge in [0.05, 0.1) is 32.3 Å². The number of methoxy groups -OCH3 is 1. The Morgan fingerprint density at radius 3 is 2.69 bits per heavy atom. The van der Waals surface area contributed by atoms with Gasteiger partial charge in [-0.2, -0.15) is 0 Å². The second kappa shape index (κ2) is 9.94. The van der Waals surface area contributed by atoms with Gasteiger partial charge < -0.3 is 25.2 Å². The summed E-state index contributed by atoms with van der Waals surface area (Å²) in [5.74, 6) is 0.435. The highest BCUT2D eigenvalue weighted by Crippen LogP contribution is 2.18. The maximum absolute atomic E-state index is 12.2. The molecular weight excluding hydrogens is 336 g/mol. The van der Waals surface area contributed by atoms with Crippen molar-refractivity contribution < 1.29 is 24.2 Å². The van der Waals surface area contributed by atoms with Crippen molar-refractivity contribution in [3.63, 3.8) is 0 Å². The molecule has 3 atom stereocenters. The van der Waals surface area contributed by atoms with Gasteiger partial charge in [0.2, 0.25) is 11.8 Å². The number of nitrogens with one attached hydrogen (secondary N) is 2. The van der Waals surface area contributed by atoms with E-state index in [0.29, 0.717) is 13.0 Å². The molecule has 0 bridgehead atoms. The van der Waals surface area contributed by atoms with Gasteiger partial charge in [0, 0.05) is 18.5 Å². The Bertz CT molecular complexity index is 647. The number of carbonyl (C=O) groups excluding carboxylic acids is 2. The molecular formula is C19H26N2O5. The van der Waals surface area contributed by atoms with E-state index in [1.54, 1.807) is 26.2 Å². The average Bonchev–Trinajstić information content (AvgIpc) is 2.67.